The Balaban J connectivity index is 1.82. The number of hydrogen-bond donors (Lipinski definition) is 2. The zero-order valence-corrected chi connectivity index (χ0v) is 10.1. The quantitative estimate of drug-likeness (QED) is 0.802. The first-order valence-electron chi connectivity index (χ1n) is 6.12. The molecule has 0 amide bonds. The van der Waals surface area contributed by atoms with Crippen molar-refractivity contribution in [2.75, 3.05) is 13.2 Å². The molecule has 0 aliphatic carbocycles. The summed E-state index contributed by atoms with van der Waals surface area (Å²) >= 11 is 0. The van der Waals surface area contributed by atoms with Crippen LogP contribution in [0, 0.1) is 5.92 Å². The first-order chi connectivity index (χ1) is 7.75. The molecule has 1 fully saturated rings. The average Bonchev–Trinajstić information content (AvgIpc) is 2.85. The van der Waals surface area contributed by atoms with E-state index in [-0.39, 0.29) is 6.10 Å². The second kappa shape index (κ2) is 5.46. The molecule has 1 aliphatic heterocycles. The third-order valence-electron chi connectivity index (χ3n) is 2.75. The van der Waals surface area contributed by atoms with Crippen LogP contribution in [0.4, 0.5) is 0 Å². The maximum Gasteiger partial charge on any atom is 0.135 e. The van der Waals surface area contributed by atoms with Gasteiger partial charge in [-0.15, -0.1) is 0 Å². The topological polar surface area (TPSA) is 49.9 Å². The van der Waals surface area contributed by atoms with Gasteiger partial charge in [-0.3, -0.25) is 0 Å². The summed E-state index contributed by atoms with van der Waals surface area (Å²) in [7, 11) is 0. The summed E-state index contributed by atoms with van der Waals surface area (Å²) in [4.78, 5) is 7.71. The van der Waals surface area contributed by atoms with Crippen molar-refractivity contribution < 1.29 is 4.74 Å². The molecule has 0 aromatic carbocycles. The molecule has 1 aromatic heterocycles. The van der Waals surface area contributed by atoms with Gasteiger partial charge in [0.2, 0.25) is 0 Å². The van der Waals surface area contributed by atoms with Gasteiger partial charge in [-0.05, 0) is 25.3 Å². The molecule has 1 aliphatic rings. The fraction of sp³-hybridized carbons (Fsp3) is 0.750. The highest BCUT2D eigenvalue weighted by Crippen LogP contribution is 2.25. The molecule has 4 heteroatoms. The van der Waals surface area contributed by atoms with Crippen molar-refractivity contribution in [3.63, 3.8) is 0 Å². The van der Waals surface area contributed by atoms with Crippen LogP contribution in [0.2, 0.25) is 0 Å². The zero-order chi connectivity index (χ0) is 11.4. The van der Waals surface area contributed by atoms with Gasteiger partial charge in [-0.1, -0.05) is 13.8 Å². The fourth-order valence-corrected chi connectivity index (χ4v) is 1.92. The first kappa shape index (κ1) is 11.6. The molecule has 0 bridgehead atoms. The van der Waals surface area contributed by atoms with Gasteiger partial charge in [-0.25, -0.2) is 4.98 Å². The van der Waals surface area contributed by atoms with Crippen molar-refractivity contribution in [2.24, 2.45) is 5.92 Å². The van der Waals surface area contributed by atoms with Crippen molar-refractivity contribution >= 4 is 0 Å². The number of aromatic amines is 1. The van der Waals surface area contributed by atoms with E-state index in [4.69, 9.17) is 4.74 Å². The molecule has 0 radical (unpaired) electrons. The Bertz CT molecular complexity index is 316. The number of imidazole rings is 1. The van der Waals surface area contributed by atoms with Crippen molar-refractivity contribution in [1.82, 2.24) is 15.3 Å². The number of H-pyrrole nitrogens is 1. The number of hydrogen-bond acceptors (Lipinski definition) is 3. The minimum atomic E-state index is 0.193. The fourth-order valence-electron chi connectivity index (χ4n) is 1.92. The third kappa shape index (κ3) is 3.06. The van der Waals surface area contributed by atoms with Crippen LogP contribution in [0.25, 0.3) is 0 Å². The normalized spacial score (nSPS) is 20.8. The van der Waals surface area contributed by atoms with Gasteiger partial charge >= 0.3 is 0 Å². The highest BCUT2D eigenvalue weighted by atomic mass is 16.5. The van der Waals surface area contributed by atoms with E-state index in [1.54, 1.807) is 0 Å². The number of ether oxygens (including phenoxy) is 1. The molecule has 0 spiro atoms. The summed E-state index contributed by atoms with van der Waals surface area (Å²) in [5.74, 6) is 1.67. The van der Waals surface area contributed by atoms with E-state index < -0.39 is 0 Å². The van der Waals surface area contributed by atoms with E-state index in [0.29, 0.717) is 5.92 Å². The van der Waals surface area contributed by atoms with Crippen LogP contribution in [0.1, 0.15) is 44.3 Å². The van der Waals surface area contributed by atoms with Gasteiger partial charge in [0.1, 0.15) is 11.9 Å². The predicted molar refractivity (Wildman–Crippen MR) is 63.1 cm³/mol. The molecule has 1 unspecified atom stereocenters. The van der Waals surface area contributed by atoms with Crippen molar-refractivity contribution in [3.8, 4) is 0 Å². The summed E-state index contributed by atoms with van der Waals surface area (Å²) in [5.41, 5.74) is 1.14. The van der Waals surface area contributed by atoms with E-state index in [9.17, 15) is 0 Å². The molecule has 4 nitrogen and oxygen atoms in total. The highest BCUT2D eigenvalue weighted by molar-refractivity contribution is 5.04. The lowest BCUT2D eigenvalue weighted by Gasteiger charge is -2.06. The predicted octanol–water partition coefficient (Wildman–Crippen LogP) is 2.01. The summed E-state index contributed by atoms with van der Waals surface area (Å²) in [5, 5.41) is 3.39. The SMILES string of the molecule is CC(C)CNCc1cnc(C2CCCO2)[nH]1. The molecule has 1 atom stereocenters. The number of nitrogens with zero attached hydrogens (tertiary/aromatic N) is 1. The number of aromatic nitrogens is 2. The van der Waals surface area contributed by atoms with Crippen LogP contribution in [0.15, 0.2) is 6.20 Å². The molecule has 1 aromatic rings. The third-order valence-corrected chi connectivity index (χ3v) is 2.75. The number of rotatable bonds is 5. The van der Waals surface area contributed by atoms with Crippen LogP contribution in [0.3, 0.4) is 0 Å². The minimum Gasteiger partial charge on any atom is -0.370 e. The van der Waals surface area contributed by atoms with E-state index in [0.717, 1.165) is 44.1 Å². The maximum atomic E-state index is 5.58. The zero-order valence-electron chi connectivity index (χ0n) is 10.1. The van der Waals surface area contributed by atoms with Crippen molar-refractivity contribution in [2.45, 2.75) is 39.3 Å². The van der Waals surface area contributed by atoms with E-state index >= 15 is 0 Å². The lowest BCUT2D eigenvalue weighted by Crippen LogP contribution is -2.19. The van der Waals surface area contributed by atoms with Crippen LogP contribution in [0.5, 0.6) is 0 Å². The highest BCUT2D eigenvalue weighted by Gasteiger charge is 2.20. The standard InChI is InChI=1S/C12H21N3O/c1-9(2)6-13-7-10-8-14-12(15-10)11-4-3-5-16-11/h8-9,11,13H,3-7H2,1-2H3,(H,14,15). The van der Waals surface area contributed by atoms with Crippen molar-refractivity contribution in [1.29, 1.82) is 0 Å². The Kier molecular flexibility index (Phi) is 3.96. The van der Waals surface area contributed by atoms with Gasteiger partial charge in [-0.2, -0.15) is 0 Å². The van der Waals surface area contributed by atoms with Crippen LogP contribution >= 0.6 is 0 Å². The summed E-state index contributed by atoms with van der Waals surface area (Å²) in [6.45, 7) is 7.17. The van der Waals surface area contributed by atoms with Gasteiger partial charge in [0, 0.05) is 25.0 Å². The summed E-state index contributed by atoms with van der Waals surface area (Å²) < 4.78 is 5.58. The Morgan fingerprint density at radius 1 is 1.62 bits per heavy atom. The van der Waals surface area contributed by atoms with Crippen LogP contribution < -0.4 is 5.32 Å². The Labute approximate surface area is 96.8 Å². The molecule has 16 heavy (non-hydrogen) atoms. The summed E-state index contributed by atoms with van der Waals surface area (Å²) in [6, 6.07) is 0. The first-order valence-corrected chi connectivity index (χ1v) is 6.12. The minimum absolute atomic E-state index is 0.193. The Hall–Kier alpha value is -0.870. The maximum absolute atomic E-state index is 5.58. The lowest BCUT2D eigenvalue weighted by atomic mass is 10.2. The van der Waals surface area contributed by atoms with Gasteiger partial charge in [0.15, 0.2) is 0 Å². The second-order valence-corrected chi connectivity index (χ2v) is 4.82. The second-order valence-electron chi connectivity index (χ2n) is 4.82. The van der Waals surface area contributed by atoms with Gasteiger partial charge in [0.25, 0.3) is 0 Å². The molecule has 2 N–H and O–H groups in total. The van der Waals surface area contributed by atoms with Crippen molar-refractivity contribution in [3.05, 3.63) is 17.7 Å². The van der Waals surface area contributed by atoms with Gasteiger partial charge in [0.05, 0.1) is 0 Å². The number of nitrogens with one attached hydrogen (secondary N) is 2. The average molecular weight is 223 g/mol. The van der Waals surface area contributed by atoms with E-state index in [2.05, 4.69) is 29.1 Å². The molecule has 2 heterocycles. The van der Waals surface area contributed by atoms with E-state index in [1.807, 2.05) is 6.20 Å². The monoisotopic (exact) mass is 223 g/mol. The molecular formula is C12H21N3O. The largest absolute Gasteiger partial charge is 0.370 e. The summed E-state index contributed by atoms with van der Waals surface area (Å²) in [6.07, 6.45) is 4.34. The molecule has 90 valence electrons. The van der Waals surface area contributed by atoms with Gasteiger partial charge < -0.3 is 15.0 Å². The molecule has 2 rings (SSSR count). The molecular weight excluding hydrogens is 202 g/mol. The van der Waals surface area contributed by atoms with E-state index in [1.165, 1.54) is 0 Å². The smallest absolute Gasteiger partial charge is 0.135 e. The van der Waals surface area contributed by atoms with Crippen LogP contribution in [-0.2, 0) is 11.3 Å². The molecule has 0 saturated carbocycles. The lowest BCUT2D eigenvalue weighted by molar-refractivity contribution is 0.105. The Morgan fingerprint density at radius 2 is 2.50 bits per heavy atom. The van der Waals surface area contributed by atoms with Crippen LogP contribution in [-0.4, -0.2) is 23.1 Å². The molecule has 1 saturated heterocycles. The Morgan fingerprint density at radius 3 is 3.19 bits per heavy atom.